The average molecular weight is 467 g/mol. The van der Waals surface area contributed by atoms with Crippen LogP contribution in [-0.4, -0.2) is 37.9 Å². The third-order valence-electron chi connectivity index (χ3n) is 5.58. The van der Waals surface area contributed by atoms with Gasteiger partial charge in [-0.3, -0.25) is 9.59 Å². The quantitative estimate of drug-likeness (QED) is 0.225. The van der Waals surface area contributed by atoms with Crippen molar-refractivity contribution in [3.8, 4) is 0 Å². The van der Waals surface area contributed by atoms with E-state index in [1.54, 1.807) is 16.2 Å². The molecule has 0 bridgehead atoms. The molecule has 0 spiro atoms. The van der Waals surface area contributed by atoms with Crippen molar-refractivity contribution in [3.63, 3.8) is 0 Å². The minimum absolute atomic E-state index is 0.224. The Morgan fingerprint density at radius 1 is 1.22 bits per heavy atom. The van der Waals surface area contributed by atoms with Crippen molar-refractivity contribution < 1.29 is 14.3 Å². The predicted molar refractivity (Wildman–Crippen MR) is 135 cm³/mol. The highest BCUT2D eigenvalue weighted by Crippen LogP contribution is 2.38. The fraction of sp³-hybridized carbons (Fsp3) is 0.250. The number of rotatable bonds is 8. The summed E-state index contributed by atoms with van der Waals surface area (Å²) < 4.78 is 8.38. The average Bonchev–Trinajstić information content (AvgIpc) is 3.30. The van der Waals surface area contributed by atoms with E-state index < -0.39 is 0 Å². The molecule has 164 valence electrons. The second kappa shape index (κ2) is 9.39. The van der Waals surface area contributed by atoms with Crippen molar-refractivity contribution in [2.75, 3.05) is 18.1 Å². The number of esters is 1. The summed E-state index contributed by atoms with van der Waals surface area (Å²) >= 11 is 8.04. The van der Waals surface area contributed by atoms with E-state index in [-0.39, 0.29) is 12.4 Å². The van der Waals surface area contributed by atoms with Gasteiger partial charge in [-0.15, -0.1) is 11.3 Å². The number of fused-ring (bicyclic) bond motifs is 2. The maximum atomic E-state index is 12.1. The molecule has 1 amide bonds. The summed E-state index contributed by atoms with van der Waals surface area (Å²) in [5.41, 5.74) is 5.14. The van der Waals surface area contributed by atoms with Crippen LogP contribution in [0.25, 0.3) is 21.0 Å². The number of ether oxygens (including phenoxy) is 1. The minimum atomic E-state index is -0.224. The summed E-state index contributed by atoms with van der Waals surface area (Å²) in [6, 6.07) is 10.1. The third kappa shape index (κ3) is 4.27. The lowest BCUT2D eigenvalue weighted by molar-refractivity contribution is -0.142. The van der Waals surface area contributed by atoms with E-state index in [2.05, 4.69) is 36.0 Å². The van der Waals surface area contributed by atoms with E-state index in [0.29, 0.717) is 24.7 Å². The molecule has 2 aromatic carbocycles. The Hall–Kier alpha value is -2.77. The van der Waals surface area contributed by atoms with Crippen LogP contribution in [-0.2, 0) is 27.3 Å². The number of carbonyl (C=O) groups is 2. The molecule has 0 aliphatic rings. The number of anilines is 1. The van der Waals surface area contributed by atoms with Crippen LogP contribution in [0.3, 0.4) is 0 Å². The zero-order valence-electron chi connectivity index (χ0n) is 18.4. The van der Waals surface area contributed by atoms with Crippen LogP contribution in [0.2, 0.25) is 5.02 Å². The van der Waals surface area contributed by atoms with Crippen LogP contribution in [0.4, 0.5) is 5.69 Å². The molecule has 8 heteroatoms. The summed E-state index contributed by atoms with van der Waals surface area (Å²) in [6.45, 7) is 5.34. The Bertz CT molecular complexity index is 1310. The molecule has 0 aliphatic heterocycles. The maximum Gasteiger partial charge on any atom is 0.310 e. The second-order valence-corrected chi connectivity index (χ2v) is 9.05. The number of carbonyl (C=O) groups excluding carboxylic acids is 2. The highest BCUT2D eigenvalue weighted by Gasteiger charge is 2.17. The number of amides is 1. The lowest BCUT2D eigenvalue weighted by Gasteiger charge is -2.16. The molecule has 0 atom stereocenters. The Morgan fingerprint density at radius 3 is 2.75 bits per heavy atom. The van der Waals surface area contributed by atoms with Gasteiger partial charge in [-0.2, -0.15) is 0 Å². The van der Waals surface area contributed by atoms with Crippen molar-refractivity contribution in [3.05, 3.63) is 58.1 Å². The summed E-state index contributed by atoms with van der Waals surface area (Å²) in [5, 5.41) is 4.82. The van der Waals surface area contributed by atoms with Crippen LogP contribution < -0.4 is 10.4 Å². The smallest absolute Gasteiger partial charge is 0.310 e. The summed E-state index contributed by atoms with van der Waals surface area (Å²) in [5.74, 6) is -0.224. The zero-order chi connectivity index (χ0) is 22.8. The number of hydrogen-bond acceptors (Lipinski definition) is 4. The van der Waals surface area contributed by atoms with Crippen molar-refractivity contribution >= 4 is 75.3 Å². The minimum Gasteiger partial charge on any atom is -0.466 e. The zero-order valence-corrected chi connectivity index (χ0v) is 19.9. The number of nitrogens with zero attached hydrogens (tertiary/aromatic N) is 2. The van der Waals surface area contributed by atoms with E-state index >= 15 is 0 Å². The van der Waals surface area contributed by atoms with Crippen LogP contribution in [0.1, 0.15) is 25.0 Å². The van der Waals surface area contributed by atoms with Gasteiger partial charge in [0.1, 0.15) is 7.85 Å². The first kappa shape index (κ1) is 22.4. The molecule has 5 nitrogen and oxygen atoms in total. The van der Waals surface area contributed by atoms with E-state index in [1.807, 2.05) is 32.2 Å². The van der Waals surface area contributed by atoms with E-state index in [9.17, 15) is 9.59 Å². The lowest BCUT2D eigenvalue weighted by atomic mass is 9.94. The fourth-order valence-corrected chi connectivity index (χ4v) is 5.36. The molecule has 0 aliphatic carbocycles. The molecule has 4 rings (SSSR count). The predicted octanol–water partition coefficient (Wildman–Crippen LogP) is 3.90. The topological polar surface area (TPSA) is 51.5 Å². The van der Waals surface area contributed by atoms with Crippen LogP contribution >= 0.6 is 22.9 Å². The summed E-state index contributed by atoms with van der Waals surface area (Å²) in [6.07, 6.45) is 3.12. The van der Waals surface area contributed by atoms with Crippen molar-refractivity contribution in [1.29, 1.82) is 0 Å². The van der Waals surface area contributed by atoms with Crippen molar-refractivity contribution in [1.82, 2.24) is 4.57 Å². The molecule has 4 aromatic rings. The summed E-state index contributed by atoms with van der Waals surface area (Å²) in [4.78, 5) is 25.4. The molecule has 0 fully saturated rings. The van der Waals surface area contributed by atoms with Gasteiger partial charge in [-0.05, 0) is 48.6 Å². The first-order valence-electron chi connectivity index (χ1n) is 10.6. The number of halogens is 1. The van der Waals surface area contributed by atoms with E-state index in [4.69, 9.17) is 16.3 Å². The molecule has 0 saturated heterocycles. The van der Waals surface area contributed by atoms with Crippen LogP contribution in [0.15, 0.2) is 41.9 Å². The lowest BCUT2D eigenvalue weighted by Crippen LogP contribution is -2.20. The van der Waals surface area contributed by atoms with Gasteiger partial charge >= 0.3 is 5.97 Å². The van der Waals surface area contributed by atoms with Gasteiger partial charge in [-0.1, -0.05) is 29.2 Å². The molecule has 0 unspecified atom stereocenters. The molecule has 0 N–H and O–H groups in total. The number of aromatic nitrogens is 1. The first-order chi connectivity index (χ1) is 15.4. The molecular weight excluding hydrogens is 443 g/mol. The number of benzene rings is 2. The maximum absolute atomic E-state index is 12.1. The monoisotopic (exact) mass is 466 g/mol. The molecule has 2 aromatic heterocycles. The molecule has 0 radical (unpaired) electrons. The van der Waals surface area contributed by atoms with Crippen LogP contribution in [0.5, 0.6) is 0 Å². The normalized spacial score (nSPS) is 11.2. The van der Waals surface area contributed by atoms with Crippen LogP contribution in [0, 0.1) is 0 Å². The van der Waals surface area contributed by atoms with Crippen molar-refractivity contribution in [2.24, 2.45) is 0 Å². The molecule has 2 heterocycles. The van der Waals surface area contributed by atoms with Gasteiger partial charge < -0.3 is 14.2 Å². The van der Waals surface area contributed by atoms with Gasteiger partial charge in [-0.25, -0.2) is 0 Å². The van der Waals surface area contributed by atoms with E-state index in [1.165, 1.54) is 0 Å². The first-order valence-corrected chi connectivity index (χ1v) is 11.9. The second-order valence-electron chi connectivity index (χ2n) is 7.74. The molecule has 0 saturated carbocycles. The molecular formula is C24H24BClN2O3S. The molecule has 32 heavy (non-hydrogen) atoms. The van der Waals surface area contributed by atoms with Gasteiger partial charge in [0.05, 0.1) is 23.4 Å². The van der Waals surface area contributed by atoms with Gasteiger partial charge in [0.25, 0.3) is 0 Å². The Kier molecular flexibility index (Phi) is 6.58. The number of hydrogen-bond donors (Lipinski definition) is 0. The Labute approximate surface area is 196 Å². The SMILES string of the molecule is Bc1ccc2c(CC(=O)OCC)cn(Cc3csc4c(N(C=O)CC)cc(Cl)cc34)c2c1. The third-order valence-corrected chi connectivity index (χ3v) is 6.86. The van der Waals surface area contributed by atoms with Gasteiger partial charge in [0, 0.05) is 40.6 Å². The van der Waals surface area contributed by atoms with Crippen molar-refractivity contribution in [2.45, 2.75) is 26.8 Å². The standard InChI is InChI=1S/C24H24BClN2O3S/c1-3-27(14-29)22-10-18(26)9-20-16(13-32-24(20)22)12-28-11-15(7-23(30)31-4-2)19-6-5-17(25)8-21(19)28/h5-6,8-11,13-14H,3-4,7,12,25H2,1-2H3. The highest BCUT2D eigenvalue weighted by molar-refractivity contribution is 7.18. The largest absolute Gasteiger partial charge is 0.466 e. The highest BCUT2D eigenvalue weighted by atomic mass is 35.5. The fourth-order valence-electron chi connectivity index (χ4n) is 4.07. The number of thiophene rings is 1. The summed E-state index contributed by atoms with van der Waals surface area (Å²) in [7, 11) is 2.06. The Morgan fingerprint density at radius 2 is 2.03 bits per heavy atom. The Balaban J connectivity index is 1.79. The van der Waals surface area contributed by atoms with Gasteiger partial charge in [0.15, 0.2) is 0 Å². The van der Waals surface area contributed by atoms with Gasteiger partial charge in [0.2, 0.25) is 6.41 Å². The van der Waals surface area contributed by atoms with E-state index in [0.717, 1.165) is 49.7 Å².